The molecule has 1 atom stereocenters. The summed E-state index contributed by atoms with van der Waals surface area (Å²) in [6.07, 6.45) is 1.22. The summed E-state index contributed by atoms with van der Waals surface area (Å²) in [6, 6.07) is 0. The van der Waals surface area contributed by atoms with Crippen molar-refractivity contribution in [1.82, 2.24) is 9.78 Å². The molecule has 16 heavy (non-hydrogen) atoms. The molecule has 6 nitrogen and oxygen atoms in total. The molecule has 1 rings (SSSR count). The van der Waals surface area contributed by atoms with Crippen LogP contribution in [0.15, 0.2) is 6.20 Å². The lowest BCUT2D eigenvalue weighted by Crippen LogP contribution is -2.18. The summed E-state index contributed by atoms with van der Waals surface area (Å²) in [4.78, 5) is 11.0. The number of carboxylic acids is 1. The standard InChI is InChI=1S/C10H16N2O4/c1-3-8-7(6-12(2)11-8)9(10(14)15)16-5-4-13/h6,9,13H,3-5H2,1-2H3,(H,14,15). The summed E-state index contributed by atoms with van der Waals surface area (Å²) < 4.78 is 6.65. The second kappa shape index (κ2) is 5.62. The van der Waals surface area contributed by atoms with E-state index in [1.807, 2.05) is 6.92 Å². The van der Waals surface area contributed by atoms with Gasteiger partial charge in [-0.05, 0) is 6.42 Å². The summed E-state index contributed by atoms with van der Waals surface area (Å²) in [5.41, 5.74) is 1.25. The first kappa shape index (κ1) is 12.7. The zero-order valence-corrected chi connectivity index (χ0v) is 9.38. The average molecular weight is 228 g/mol. The molecule has 0 bridgehead atoms. The summed E-state index contributed by atoms with van der Waals surface area (Å²) >= 11 is 0. The Morgan fingerprint density at radius 3 is 2.88 bits per heavy atom. The summed E-state index contributed by atoms with van der Waals surface area (Å²) in [5, 5.41) is 21.8. The minimum absolute atomic E-state index is 0.00495. The highest BCUT2D eigenvalue weighted by molar-refractivity contribution is 5.74. The zero-order valence-electron chi connectivity index (χ0n) is 9.38. The van der Waals surface area contributed by atoms with E-state index >= 15 is 0 Å². The van der Waals surface area contributed by atoms with Gasteiger partial charge in [-0.3, -0.25) is 4.68 Å². The third-order valence-corrected chi connectivity index (χ3v) is 2.16. The van der Waals surface area contributed by atoms with Crippen LogP contribution in [0.4, 0.5) is 0 Å². The smallest absolute Gasteiger partial charge is 0.337 e. The Balaban J connectivity index is 2.95. The number of aliphatic hydroxyl groups excluding tert-OH is 1. The van der Waals surface area contributed by atoms with E-state index in [9.17, 15) is 4.79 Å². The van der Waals surface area contributed by atoms with E-state index < -0.39 is 12.1 Å². The van der Waals surface area contributed by atoms with Gasteiger partial charge in [0, 0.05) is 18.8 Å². The molecule has 0 radical (unpaired) electrons. The van der Waals surface area contributed by atoms with Crippen molar-refractivity contribution in [2.45, 2.75) is 19.4 Å². The van der Waals surface area contributed by atoms with Crippen LogP contribution in [0.5, 0.6) is 0 Å². The van der Waals surface area contributed by atoms with Crippen molar-refractivity contribution in [2.24, 2.45) is 7.05 Å². The van der Waals surface area contributed by atoms with Gasteiger partial charge in [-0.15, -0.1) is 0 Å². The first-order chi connectivity index (χ1) is 7.60. The topological polar surface area (TPSA) is 84.6 Å². The maximum atomic E-state index is 11.0. The minimum Gasteiger partial charge on any atom is -0.479 e. The molecule has 0 aliphatic carbocycles. The molecule has 1 heterocycles. The monoisotopic (exact) mass is 228 g/mol. The fourth-order valence-electron chi connectivity index (χ4n) is 1.51. The summed E-state index contributed by atoms with van der Waals surface area (Å²) in [7, 11) is 1.73. The third kappa shape index (κ3) is 2.80. The van der Waals surface area contributed by atoms with E-state index in [0.29, 0.717) is 17.7 Å². The number of ether oxygens (including phenoxy) is 1. The normalized spacial score (nSPS) is 12.7. The molecule has 0 aliphatic rings. The molecule has 1 aromatic heterocycles. The molecule has 1 unspecified atom stereocenters. The van der Waals surface area contributed by atoms with Gasteiger partial charge in [0.25, 0.3) is 0 Å². The molecule has 90 valence electrons. The van der Waals surface area contributed by atoms with Crippen molar-refractivity contribution < 1.29 is 19.7 Å². The lowest BCUT2D eigenvalue weighted by atomic mass is 10.1. The van der Waals surface area contributed by atoms with E-state index in [2.05, 4.69) is 5.10 Å². The van der Waals surface area contributed by atoms with E-state index in [1.54, 1.807) is 17.9 Å². The molecule has 0 saturated carbocycles. The molecular weight excluding hydrogens is 212 g/mol. The molecule has 0 saturated heterocycles. The van der Waals surface area contributed by atoms with Gasteiger partial charge in [0.2, 0.25) is 0 Å². The second-order valence-corrected chi connectivity index (χ2v) is 3.37. The van der Waals surface area contributed by atoms with Gasteiger partial charge >= 0.3 is 5.97 Å². The number of hydrogen-bond donors (Lipinski definition) is 2. The van der Waals surface area contributed by atoms with Crippen LogP contribution in [-0.4, -0.2) is 39.2 Å². The Morgan fingerprint density at radius 2 is 2.38 bits per heavy atom. The van der Waals surface area contributed by atoms with Crippen molar-refractivity contribution in [1.29, 1.82) is 0 Å². The van der Waals surface area contributed by atoms with Crippen molar-refractivity contribution in [3.8, 4) is 0 Å². The van der Waals surface area contributed by atoms with Gasteiger partial charge in [0.1, 0.15) is 0 Å². The number of aromatic nitrogens is 2. The lowest BCUT2D eigenvalue weighted by molar-refractivity contribution is -0.151. The Labute approximate surface area is 93.5 Å². The quantitative estimate of drug-likeness (QED) is 0.722. The fraction of sp³-hybridized carbons (Fsp3) is 0.600. The molecule has 0 aliphatic heterocycles. The van der Waals surface area contributed by atoms with Crippen molar-refractivity contribution in [3.05, 3.63) is 17.5 Å². The van der Waals surface area contributed by atoms with Crippen LogP contribution in [0.25, 0.3) is 0 Å². The number of aryl methyl sites for hydroxylation is 2. The fourth-order valence-corrected chi connectivity index (χ4v) is 1.51. The van der Waals surface area contributed by atoms with Gasteiger partial charge < -0.3 is 14.9 Å². The van der Waals surface area contributed by atoms with E-state index in [4.69, 9.17) is 14.9 Å². The van der Waals surface area contributed by atoms with Crippen molar-refractivity contribution in [2.75, 3.05) is 13.2 Å². The van der Waals surface area contributed by atoms with Crippen LogP contribution in [0.2, 0.25) is 0 Å². The number of rotatable bonds is 6. The minimum atomic E-state index is -1.07. The Bertz CT molecular complexity index is 362. The van der Waals surface area contributed by atoms with Crippen molar-refractivity contribution >= 4 is 5.97 Å². The van der Waals surface area contributed by atoms with Gasteiger partial charge in [0.05, 0.1) is 18.9 Å². The Hall–Kier alpha value is -1.40. The molecule has 2 N–H and O–H groups in total. The number of aliphatic hydroxyl groups is 1. The van der Waals surface area contributed by atoms with E-state index in [0.717, 1.165) is 0 Å². The second-order valence-electron chi connectivity index (χ2n) is 3.37. The van der Waals surface area contributed by atoms with E-state index in [-0.39, 0.29) is 13.2 Å². The third-order valence-electron chi connectivity index (χ3n) is 2.16. The van der Waals surface area contributed by atoms with Crippen molar-refractivity contribution in [3.63, 3.8) is 0 Å². The number of carbonyl (C=O) groups is 1. The Morgan fingerprint density at radius 1 is 1.69 bits per heavy atom. The highest BCUT2D eigenvalue weighted by atomic mass is 16.5. The summed E-state index contributed by atoms with van der Waals surface area (Å²) in [5.74, 6) is -1.07. The zero-order chi connectivity index (χ0) is 12.1. The largest absolute Gasteiger partial charge is 0.479 e. The molecule has 1 aromatic rings. The highest BCUT2D eigenvalue weighted by Crippen LogP contribution is 2.21. The van der Waals surface area contributed by atoms with Crippen LogP contribution in [0.3, 0.4) is 0 Å². The van der Waals surface area contributed by atoms with Gasteiger partial charge in [-0.25, -0.2) is 4.79 Å². The van der Waals surface area contributed by atoms with Crippen LogP contribution in [0.1, 0.15) is 24.3 Å². The predicted molar refractivity (Wildman–Crippen MR) is 56.0 cm³/mol. The van der Waals surface area contributed by atoms with Gasteiger partial charge in [-0.1, -0.05) is 6.92 Å². The first-order valence-corrected chi connectivity index (χ1v) is 5.07. The van der Waals surface area contributed by atoms with Gasteiger partial charge in [-0.2, -0.15) is 5.10 Å². The number of carboxylic acid groups (broad SMARTS) is 1. The lowest BCUT2D eigenvalue weighted by Gasteiger charge is -2.12. The number of nitrogens with zero attached hydrogens (tertiary/aromatic N) is 2. The van der Waals surface area contributed by atoms with Crippen LogP contribution < -0.4 is 0 Å². The predicted octanol–water partition coefficient (Wildman–Crippen LogP) is 0.117. The van der Waals surface area contributed by atoms with Crippen LogP contribution in [0, 0.1) is 0 Å². The average Bonchev–Trinajstić information content (AvgIpc) is 2.60. The molecular formula is C10H16N2O4. The first-order valence-electron chi connectivity index (χ1n) is 5.07. The highest BCUT2D eigenvalue weighted by Gasteiger charge is 2.25. The molecule has 0 amide bonds. The maximum absolute atomic E-state index is 11.0. The molecule has 0 spiro atoms. The van der Waals surface area contributed by atoms with E-state index in [1.165, 1.54) is 0 Å². The number of hydrogen-bond acceptors (Lipinski definition) is 4. The van der Waals surface area contributed by atoms with Gasteiger partial charge in [0.15, 0.2) is 6.10 Å². The molecule has 6 heteroatoms. The van der Waals surface area contributed by atoms with Crippen LogP contribution in [-0.2, 0) is 23.0 Å². The maximum Gasteiger partial charge on any atom is 0.337 e. The molecule has 0 aromatic carbocycles. The number of aliphatic carboxylic acids is 1. The Kier molecular flexibility index (Phi) is 4.45. The molecule has 0 fully saturated rings. The summed E-state index contributed by atoms with van der Waals surface area (Å²) in [6.45, 7) is 1.69. The van der Waals surface area contributed by atoms with Crippen LogP contribution >= 0.6 is 0 Å². The SMILES string of the molecule is CCc1nn(C)cc1C(OCCO)C(=O)O.